The van der Waals surface area contributed by atoms with E-state index in [1.807, 2.05) is 31.2 Å². The fraction of sp³-hybridized carbons (Fsp3) is 0.233. The van der Waals surface area contributed by atoms with Crippen molar-refractivity contribution >= 4 is 34.5 Å². The molecule has 1 fully saturated rings. The van der Waals surface area contributed by atoms with E-state index in [-0.39, 0.29) is 5.56 Å². The minimum absolute atomic E-state index is 0.290. The number of H-pyrrole nitrogens is 1. The number of anilines is 1. The predicted molar refractivity (Wildman–Crippen MR) is 154 cm³/mol. The number of benzene rings is 3. The molecule has 3 heterocycles. The Hall–Kier alpha value is -5.03. The lowest BCUT2D eigenvalue weighted by atomic mass is 9.93. The number of amides is 2. The molecule has 0 spiro atoms. The Morgan fingerprint density at radius 1 is 0.927 bits per heavy atom. The number of aromatic nitrogens is 2. The number of imide groups is 1. The van der Waals surface area contributed by atoms with Crippen LogP contribution in [0.5, 0.6) is 5.88 Å². The van der Waals surface area contributed by atoms with Crippen molar-refractivity contribution in [3.8, 4) is 11.6 Å². The number of aromatic amines is 1. The maximum atomic E-state index is 13.5. The Balaban J connectivity index is 1.42. The number of rotatable bonds is 4. The van der Waals surface area contributed by atoms with Crippen LogP contribution in [0.25, 0.3) is 16.5 Å². The molecule has 1 saturated heterocycles. The number of hydrogen-bond donors (Lipinski definition) is 2. The number of hydrazone groups is 1. The molecule has 41 heavy (non-hydrogen) atoms. The van der Waals surface area contributed by atoms with Gasteiger partial charge in [0.15, 0.2) is 0 Å². The van der Waals surface area contributed by atoms with E-state index in [2.05, 4.69) is 15.0 Å². The Kier molecular flexibility index (Phi) is 6.30. The highest BCUT2D eigenvalue weighted by atomic mass is 16.5. The average Bonchev–Trinajstić information content (AvgIpc) is 2.94. The first-order valence-electron chi connectivity index (χ1n) is 13.1. The lowest BCUT2D eigenvalue weighted by molar-refractivity contribution is 0.0616. The van der Waals surface area contributed by atoms with E-state index in [1.165, 1.54) is 0 Å². The summed E-state index contributed by atoms with van der Waals surface area (Å²) in [6, 6.07) is 12.5. The van der Waals surface area contributed by atoms with Crippen molar-refractivity contribution in [2.75, 3.05) is 31.2 Å². The number of carbonyl (C=O) groups is 2. The van der Waals surface area contributed by atoms with Gasteiger partial charge in [-0.05, 0) is 50.1 Å². The topological polar surface area (TPSA) is 137 Å². The smallest absolute Gasteiger partial charge is 0.335 e. The molecule has 0 atom stereocenters. The SMILES string of the molecule is Cc1cc(C)c(-n2c(O)c(C=NN3C(=O)c4cccc5c(N6CCOCC6)ccc(c45)C3=O)c(=O)[nH]c2=O)c(C)c1. The summed E-state index contributed by atoms with van der Waals surface area (Å²) in [7, 11) is 0. The third-order valence-corrected chi connectivity index (χ3v) is 7.50. The standard InChI is InChI=1S/C30H27N5O6/c1-16-13-17(2)25(18(3)14-16)34-27(37)22(26(36)32-30(34)40)15-31-35-28(38)20-6-4-5-19-23(33-9-11-41-12-10-33)8-7-21(24(19)20)29(35)39/h4-8,13-15,37H,9-12H2,1-3H3,(H,32,36,40). The molecule has 0 radical (unpaired) electrons. The first-order chi connectivity index (χ1) is 19.7. The van der Waals surface area contributed by atoms with Crippen molar-refractivity contribution in [1.29, 1.82) is 0 Å². The van der Waals surface area contributed by atoms with Crippen LogP contribution in [0, 0.1) is 20.8 Å². The Bertz CT molecular complexity index is 1870. The zero-order chi connectivity index (χ0) is 29.0. The molecule has 11 heteroatoms. The van der Waals surface area contributed by atoms with Crippen molar-refractivity contribution in [2.24, 2.45) is 5.10 Å². The summed E-state index contributed by atoms with van der Waals surface area (Å²) in [5.41, 5.74) is 2.16. The third-order valence-electron chi connectivity index (χ3n) is 7.50. The lowest BCUT2D eigenvalue weighted by Gasteiger charge is -2.31. The van der Waals surface area contributed by atoms with Crippen LogP contribution in [-0.4, -0.2) is 64.0 Å². The second kappa shape index (κ2) is 9.86. The first kappa shape index (κ1) is 26.2. The molecule has 2 aliphatic heterocycles. The molecule has 3 aromatic carbocycles. The van der Waals surface area contributed by atoms with Crippen LogP contribution in [0.4, 0.5) is 5.69 Å². The van der Waals surface area contributed by atoms with E-state index in [4.69, 9.17) is 4.74 Å². The van der Waals surface area contributed by atoms with Gasteiger partial charge in [0.2, 0.25) is 5.88 Å². The van der Waals surface area contributed by atoms with Crippen molar-refractivity contribution in [2.45, 2.75) is 20.8 Å². The van der Waals surface area contributed by atoms with Crippen molar-refractivity contribution in [1.82, 2.24) is 14.6 Å². The fourth-order valence-electron chi connectivity index (χ4n) is 5.76. The summed E-state index contributed by atoms with van der Waals surface area (Å²) in [5.74, 6) is -2.00. The summed E-state index contributed by atoms with van der Waals surface area (Å²) in [6.07, 6.45) is 0.923. The van der Waals surface area contributed by atoms with Gasteiger partial charge in [0.05, 0.1) is 36.2 Å². The van der Waals surface area contributed by atoms with Crippen LogP contribution in [0.3, 0.4) is 0 Å². The van der Waals surface area contributed by atoms with Crippen LogP contribution in [0.1, 0.15) is 43.0 Å². The van der Waals surface area contributed by atoms with Crippen LogP contribution in [0.15, 0.2) is 57.2 Å². The number of aryl methyl sites for hydroxylation is 3. The normalized spacial score (nSPS) is 15.4. The zero-order valence-corrected chi connectivity index (χ0v) is 22.7. The highest BCUT2D eigenvalue weighted by molar-refractivity contribution is 6.26. The molecule has 0 bridgehead atoms. The molecular weight excluding hydrogens is 526 g/mol. The van der Waals surface area contributed by atoms with Crippen molar-refractivity contribution in [3.05, 3.63) is 96.7 Å². The number of hydrogen-bond acceptors (Lipinski definition) is 8. The molecule has 1 aromatic heterocycles. The molecule has 2 amide bonds. The fourth-order valence-corrected chi connectivity index (χ4v) is 5.76. The molecule has 4 aromatic rings. The summed E-state index contributed by atoms with van der Waals surface area (Å²) in [4.78, 5) is 56.9. The number of morpholine rings is 1. The first-order valence-corrected chi connectivity index (χ1v) is 13.1. The second-order valence-corrected chi connectivity index (χ2v) is 10.2. The molecular formula is C30H27N5O6. The van der Waals surface area contributed by atoms with Gasteiger partial charge in [0.1, 0.15) is 5.56 Å². The molecule has 11 nitrogen and oxygen atoms in total. The summed E-state index contributed by atoms with van der Waals surface area (Å²) in [6.45, 7) is 8.04. The van der Waals surface area contributed by atoms with Crippen LogP contribution in [-0.2, 0) is 4.74 Å². The van der Waals surface area contributed by atoms with Gasteiger partial charge in [0, 0.05) is 29.5 Å². The molecule has 2 aliphatic rings. The highest BCUT2D eigenvalue weighted by Crippen LogP contribution is 2.36. The monoisotopic (exact) mass is 553 g/mol. The number of nitrogens with one attached hydrogen (secondary N) is 1. The Labute approximate surface area is 233 Å². The molecule has 0 saturated carbocycles. The lowest BCUT2D eigenvalue weighted by Crippen LogP contribution is -2.38. The largest absolute Gasteiger partial charge is 0.493 e. The minimum Gasteiger partial charge on any atom is -0.493 e. The minimum atomic E-state index is -0.913. The van der Waals surface area contributed by atoms with Gasteiger partial charge < -0.3 is 14.7 Å². The maximum absolute atomic E-state index is 13.5. The average molecular weight is 554 g/mol. The molecule has 2 N–H and O–H groups in total. The van der Waals surface area contributed by atoms with Gasteiger partial charge >= 0.3 is 5.69 Å². The van der Waals surface area contributed by atoms with Gasteiger partial charge in [0.25, 0.3) is 17.4 Å². The molecule has 6 rings (SSSR count). The van der Waals surface area contributed by atoms with Crippen LogP contribution in [0.2, 0.25) is 0 Å². The zero-order valence-electron chi connectivity index (χ0n) is 22.7. The van der Waals surface area contributed by atoms with E-state index >= 15 is 0 Å². The Morgan fingerprint density at radius 2 is 1.59 bits per heavy atom. The molecule has 0 unspecified atom stereocenters. The van der Waals surface area contributed by atoms with Crippen LogP contribution >= 0.6 is 0 Å². The van der Waals surface area contributed by atoms with E-state index in [1.54, 1.807) is 32.0 Å². The van der Waals surface area contributed by atoms with Crippen molar-refractivity contribution < 1.29 is 19.4 Å². The van der Waals surface area contributed by atoms with E-state index < -0.39 is 28.9 Å². The van der Waals surface area contributed by atoms with Gasteiger partial charge in [-0.25, -0.2) is 9.36 Å². The van der Waals surface area contributed by atoms with Crippen LogP contribution < -0.4 is 16.1 Å². The van der Waals surface area contributed by atoms with E-state index in [0.717, 1.165) is 27.4 Å². The molecule has 208 valence electrons. The second-order valence-electron chi connectivity index (χ2n) is 10.2. The van der Waals surface area contributed by atoms with Crippen molar-refractivity contribution in [3.63, 3.8) is 0 Å². The van der Waals surface area contributed by atoms with Gasteiger partial charge in [-0.2, -0.15) is 10.1 Å². The Morgan fingerprint density at radius 3 is 2.27 bits per heavy atom. The van der Waals surface area contributed by atoms with E-state index in [9.17, 15) is 24.3 Å². The van der Waals surface area contributed by atoms with Gasteiger partial charge in [-0.15, -0.1) is 0 Å². The number of nitrogens with zero attached hydrogens (tertiary/aromatic N) is 4. The van der Waals surface area contributed by atoms with Gasteiger partial charge in [-0.3, -0.25) is 19.4 Å². The van der Waals surface area contributed by atoms with E-state index in [0.29, 0.717) is 64.6 Å². The quantitative estimate of drug-likeness (QED) is 0.293. The highest BCUT2D eigenvalue weighted by Gasteiger charge is 2.34. The number of aromatic hydroxyl groups is 1. The number of ether oxygens (including phenoxy) is 1. The summed E-state index contributed by atoms with van der Waals surface area (Å²) < 4.78 is 6.45. The number of carbonyl (C=O) groups excluding carboxylic acids is 2. The molecule has 0 aliphatic carbocycles. The maximum Gasteiger partial charge on any atom is 0.335 e. The van der Waals surface area contributed by atoms with Gasteiger partial charge in [-0.1, -0.05) is 29.8 Å². The summed E-state index contributed by atoms with van der Waals surface area (Å²) >= 11 is 0. The predicted octanol–water partition coefficient (Wildman–Crippen LogP) is 2.78. The third kappa shape index (κ3) is 4.21. The summed E-state index contributed by atoms with van der Waals surface area (Å²) in [5, 5.41) is 17.1.